The zero-order chi connectivity index (χ0) is 18.7. The molecule has 1 heterocycles. The lowest BCUT2D eigenvalue weighted by atomic mass is 9.97. The number of esters is 1. The van der Waals surface area contributed by atoms with E-state index < -0.39 is 11.4 Å². The number of ether oxygens (including phenoxy) is 2. The first-order valence-corrected chi connectivity index (χ1v) is 7.70. The van der Waals surface area contributed by atoms with Crippen molar-refractivity contribution in [2.75, 3.05) is 13.7 Å². The molecular weight excluding hydrogens is 324 g/mol. The van der Waals surface area contributed by atoms with Gasteiger partial charge < -0.3 is 25.0 Å². The second-order valence-corrected chi connectivity index (χ2v) is 5.48. The van der Waals surface area contributed by atoms with Crippen LogP contribution in [0.25, 0.3) is 16.5 Å². The lowest BCUT2D eigenvalue weighted by molar-refractivity contribution is 0.0524. The van der Waals surface area contributed by atoms with Gasteiger partial charge in [0.05, 0.1) is 30.2 Å². The van der Waals surface area contributed by atoms with Crippen molar-refractivity contribution in [1.29, 1.82) is 5.41 Å². The second-order valence-electron chi connectivity index (χ2n) is 5.48. The molecule has 0 saturated carbocycles. The number of benzene rings is 1. The van der Waals surface area contributed by atoms with E-state index >= 15 is 0 Å². The van der Waals surface area contributed by atoms with E-state index in [0.29, 0.717) is 22.4 Å². The van der Waals surface area contributed by atoms with Crippen LogP contribution >= 0.6 is 0 Å². The minimum Gasteiger partial charge on any atom is -0.596 e. The molecule has 0 aliphatic rings. The van der Waals surface area contributed by atoms with Crippen LogP contribution in [-0.4, -0.2) is 35.5 Å². The summed E-state index contributed by atoms with van der Waals surface area (Å²) in [5.41, 5.74) is 1.12. The van der Waals surface area contributed by atoms with Gasteiger partial charge in [-0.1, -0.05) is 0 Å². The Kier molecular flexibility index (Phi) is 5.26. The zero-order valence-electron chi connectivity index (χ0n) is 14.6. The van der Waals surface area contributed by atoms with E-state index in [1.165, 1.54) is 19.4 Å². The molecule has 0 radical (unpaired) electrons. The first-order chi connectivity index (χ1) is 11.8. The molecule has 2 rings (SSSR count). The number of hydrogen-bond acceptors (Lipinski definition) is 5. The number of aromatic nitrogens is 1. The normalized spacial score (nSPS) is 11.8. The number of pyridine rings is 1. The van der Waals surface area contributed by atoms with Crippen LogP contribution in [0, 0.1) is 5.41 Å². The van der Waals surface area contributed by atoms with Crippen LogP contribution in [0.5, 0.6) is 5.75 Å². The van der Waals surface area contributed by atoms with Crippen LogP contribution in [0.15, 0.2) is 28.9 Å². The molecule has 1 aromatic carbocycles. The third-order valence-electron chi connectivity index (χ3n) is 3.72. The number of allylic oxidation sites excluding steroid dienone is 2. The monoisotopic (exact) mass is 345 g/mol. The molecule has 132 valence electrons. The standard InChI is InChI=1S/C18H20N2O5/c1-5-25-18(23)13-8-20-14-6-12(16(9(2)19)10(3)21)15(24-4)7-11(14)17(13)22/h6-8,19,21H,5H2,1-4H3,(H,20,22)/p+1/b16-10+,19-9?. The molecule has 0 atom stereocenters. The summed E-state index contributed by atoms with van der Waals surface area (Å²) in [6, 6.07) is 3.16. The number of carbonyl (C=O) groups excluding carboxylic acids is 1. The summed E-state index contributed by atoms with van der Waals surface area (Å²) in [7, 11) is 1.45. The van der Waals surface area contributed by atoms with Crippen LogP contribution in [-0.2, 0) is 4.74 Å². The number of methoxy groups -OCH3 is 1. The molecule has 1 aromatic heterocycles. The molecule has 7 heteroatoms. The van der Waals surface area contributed by atoms with Gasteiger partial charge in [0.15, 0.2) is 0 Å². The number of H-pyrrole nitrogens is 1. The van der Waals surface area contributed by atoms with Gasteiger partial charge in [-0.2, -0.15) is 0 Å². The summed E-state index contributed by atoms with van der Waals surface area (Å²) in [5, 5.41) is 16.1. The fraction of sp³-hybridized carbons (Fsp3) is 0.278. The predicted molar refractivity (Wildman–Crippen MR) is 96.7 cm³/mol. The van der Waals surface area contributed by atoms with Crippen LogP contribution in [0.2, 0.25) is 0 Å². The minimum atomic E-state index is -0.688. The number of carbonyl (C=O) groups is 1. The summed E-state index contributed by atoms with van der Waals surface area (Å²) in [6.45, 7) is 5.01. The van der Waals surface area contributed by atoms with Gasteiger partial charge in [-0.05, 0) is 26.0 Å². The molecule has 0 aliphatic carbocycles. The molecule has 0 bridgehead atoms. The summed E-state index contributed by atoms with van der Waals surface area (Å²) < 4.78 is 10.2. The van der Waals surface area contributed by atoms with Crippen LogP contribution in [0.3, 0.4) is 0 Å². The molecule has 25 heavy (non-hydrogen) atoms. The number of rotatable bonds is 5. The molecule has 0 saturated heterocycles. The number of aromatic amines is 1. The van der Waals surface area contributed by atoms with Gasteiger partial charge in [-0.3, -0.25) is 4.79 Å². The van der Waals surface area contributed by atoms with Gasteiger partial charge in [0.1, 0.15) is 11.3 Å². The third-order valence-corrected chi connectivity index (χ3v) is 3.72. The largest absolute Gasteiger partial charge is 0.596 e. The summed E-state index contributed by atoms with van der Waals surface area (Å²) >= 11 is 0. The van der Waals surface area contributed by atoms with Crippen molar-refractivity contribution in [3.63, 3.8) is 0 Å². The number of hydrogen-bond donors (Lipinski definition) is 2. The summed E-state index contributed by atoms with van der Waals surface area (Å²) in [4.78, 5) is 27.4. The highest BCUT2D eigenvalue weighted by Crippen LogP contribution is 2.31. The van der Waals surface area contributed by atoms with Crippen molar-refractivity contribution < 1.29 is 19.4 Å². The van der Waals surface area contributed by atoms with Crippen molar-refractivity contribution in [3.8, 4) is 5.75 Å². The molecule has 0 fully saturated rings. The number of nitrogens with one attached hydrogen (secondary N) is 2. The quantitative estimate of drug-likeness (QED) is 0.374. The maximum atomic E-state index is 12.6. The Morgan fingerprint density at radius 3 is 2.48 bits per heavy atom. The number of fused-ring (bicyclic) bond motifs is 1. The fourth-order valence-electron chi connectivity index (χ4n) is 2.66. The molecule has 4 N–H and O–H groups in total. The van der Waals surface area contributed by atoms with E-state index in [1.54, 1.807) is 26.8 Å². The lowest BCUT2D eigenvalue weighted by Crippen LogP contribution is -2.18. The zero-order valence-corrected chi connectivity index (χ0v) is 14.6. The van der Waals surface area contributed by atoms with Crippen LogP contribution < -0.4 is 10.2 Å². The van der Waals surface area contributed by atoms with Crippen LogP contribution in [0.1, 0.15) is 36.7 Å². The molecule has 0 amide bonds. The Bertz CT molecular complexity index is 936. The average Bonchev–Trinajstić information content (AvgIpc) is 2.54. The average molecular weight is 345 g/mol. The van der Waals surface area contributed by atoms with Gasteiger partial charge in [-0.25, -0.2) is 4.79 Å². The molecule has 0 spiro atoms. The second kappa shape index (κ2) is 7.21. The Balaban J connectivity index is 2.78. The third kappa shape index (κ3) is 3.40. The van der Waals surface area contributed by atoms with Crippen molar-refractivity contribution in [2.24, 2.45) is 0 Å². The van der Waals surface area contributed by atoms with E-state index in [-0.39, 0.29) is 29.0 Å². The van der Waals surface area contributed by atoms with Gasteiger partial charge in [0.2, 0.25) is 11.2 Å². The summed E-state index contributed by atoms with van der Waals surface area (Å²) in [6.07, 6.45) is 1.31. The van der Waals surface area contributed by atoms with Gasteiger partial charge >= 0.3 is 5.97 Å². The highest BCUT2D eigenvalue weighted by molar-refractivity contribution is 6.22. The van der Waals surface area contributed by atoms with E-state index in [0.717, 1.165) is 0 Å². The van der Waals surface area contributed by atoms with Gasteiger partial charge in [0, 0.05) is 24.4 Å². The first kappa shape index (κ1) is 18.3. The first-order valence-electron chi connectivity index (χ1n) is 7.70. The topological polar surface area (TPSA) is 115 Å². The maximum Gasteiger partial charge on any atom is 0.343 e. The predicted octanol–water partition coefficient (Wildman–Crippen LogP) is 2.21. The van der Waals surface area contributed by atoms with Gasteiger partial charge in [-0.15, -0.1) is 0 Å². The summed E-state index contributed by atoms with van der Waals surface area (Å²) in [5.74, 6) is -0.116. The smallest absolute Gasteiger partial charge is 0.343 e. The minimum absolute atomic E-state index is 0.0835. The highest BCUT2D eigenvalue weighted by atomic mass is 16.5. The Labute approximate surface area is 144 Å². The maximum absolute atomic E-state index is 12.6. The Morgan fingerprint density at radius 1 is 1.28 bits per heavy atom. The van der Waals surface area contributed by atoms with Crippen molar-refractivity contribution >= 4 is 28.2 Å². The Hall–Kier alpha value is -3.09. The molecule has 7 nitrogen and oxygen atoms in total. The van der Waals surface area contributed by atoms with E-state index in [2.05, 4.69) is 4.98 Å². The van der Waals surface area contributed by atoms with Crippen LogP contribution in [0.4, 0.5) is 0 Å². The Morgan fingerprint density at radius 2 is 1.96 bits per heavy atom. The highest BCUT2D eigenvalue weighted by Gasteiger charge is 2.20. The van der Waals surface area contributed by atoms with E-state index in [9.17, 15) is 9.59 Å². The van der Waals surface area contributed by atoms with Crippen molar-refractivity contribution in [3.05, 3.63) is 45.4 Å². The molecular formula is C18H21N2O5+. The molecule has 2 aromatic rings. The molecule has 0 aliphatic heterocycles. The van der Waals surface area contributed by atoms with E-state index in [1.807, 2.05) is 0 Å². The van der Waals surface area contributed by atoms with Crippen molar-refractivity contribution in [2.45, 2.75) is 20.8 Å². The SMILES string of the molecule is CCOC(=O)c1c[nH]c2cc(/C(C(C)=N)=C(\C)[OH2+])c(OC)cc2c1=O. The van der Waals surface area contributed by atoms with Crippen molar-refractivity contribution in [1.82, 2.24) is 4.98 Å². The molecule has 0 unspecified atom stereocenters. The lowest BCUT2D eigenvalue weighted by Gasteiger charge is -2.13. The van der Waals surface area contributed by atoms with Gasteiger partial charge in [0.25, 0.3) is 0 Å². The van der Waals surface area contributed by atoms with E-state index in [4.69, 9.17) is 20.0 Å². The fourth-order valence-corrected chi connectivity index (χ4v) is 2.66.